The van der Waals surface area contributed by atoms with E-state index in [2.05, 4.69) is 0 Å². The van der Waals surface area contributed by atoms with Crippen molar-refractivity contribution in [3.8, 4) is 11.5 Å². The highest BCUT2D eigenvalue weighted by Gasteiger charge is 2.80. The highest BCUT2D eigenvalue weighted by molar-refractivity contribution is 7.12. The van der Waals surface area contributed by atoms with Crippen LogP contribution in [0.25, 0.3) is 11.1 Å². The first-order valence-corrected chi connectivity index (χ1v) is 15.3. The minimum atomic E-state index is -5.69. The van der Waals surface area contributed by atoms with Gasteiger partial charge in [0.2, 0.25) is 0 Å². The number of aryl methyl sites for hydroxylation is 2. The molecule has 0 radical (unpaired) electrons. The first-order chi connectivity index (χ1) is 21.6. The van der Waals surface area contributed by atoms with Crippen LogP contribution in [0.3, 0.4) is 0 Å². The van der Waals surface area contributed by atoms with Gasteiger partial charge < -0.3 is 14.2 Å². The van der Waals surface area contributed by atoms with Gasteiger partial charge in [-0.15, -0.1) is 22.7 Å². The quantitative estimate of drug-likeness (QED) is 0.0949. The first-order valence-electron chi connectivity index (χ1n) is 13.7. The van der Waals surface area contributed by atoms with Gasteiger partial charge >= 0.3 is 23.7 Å². The third-order valence-corrected chi connectivity index (χ3v) is 9.41. The zero-order valence-corrected chi connectivity index (χ0v) is 26.4. The lowest BCUT2D eigenvalue weighted by Gasteiger charge is -2.25. The number of carbonyl (C=O) groups is 2. The topological polar surface area (TPSA) is 61.8 Å². The molecule has 1 aliphatic carbocycles. The van der Waals surface area contributed by atoms with Crippen LogP contribution >= 0.6 is 22.7 Å². The van der Waals surface area contributed by atoms with Gasteiger partial charge in [-0.25, -0.2) is 4.79 Å². The summed E-state index contributed by atoms with van der Waals surface area (Å²) in [5.41, 5.74) is -3.08. The fourth-order valence-electron chi connectivity index (χ4n) is 5.07. The van der Waals surface area contributed by atoms with Crippen LogP contribution < -0.4 is 4.74 Å². The van der Waals surface area contributed by atoms with Crippen LogP contribution in [-0.4, -0.2) is 36.6 Å². The molecule has 0 saturated carbocycles. The lowest BCUT2D eigenvalue weighted by Crippen LogP contribution is -2.48. The van der Waals surface area contributed by atoms with Gasteiger partial charge in [-0.05, 0) is 92.6 Å². The van der Waals surface area contributed by atoms with Crippen molar-refractivity contribution in [3.63, 3.8) is 0 Å². The largest absolute Gasteiger partial charge is 0.457 e. The molecular weight excluding hydrogens is 654 g/mol. The van der Waals surface area contributed by atoms with E-state index in [9.17, 15) is 18.4 Å². The van der Waals surface area contributed by atoms with Crippen molar-refractivity contribution >= 4 is 45.6 Å². The Morgan fingerprint density at radius 3 is 1.57 bits per heavy atom. The molecule has 0 unspecified atom stereocenters. The molecule has 4 aromatic rings. The smallest absolute Gasteiger partial charge is 0.380 e. The molecular formula is C33H26F6O5S2. The molecule has 2 heterocycles. The highest BCUT2D eigenvalue weighted by Crippen LogP contribution is 2.65. The van der Waals surface area contributed by atoms with Gasteiger partial charge in [-0.3, -0.25) is 4.79 Å². The minimum Gasteiger partial charge on any atom is -0.457 e. The Labute approximate surface area is 268 Å². The normalized spacial score (nSPS) is 16.5. The maximum absolute atomic E-state index is 15.3. The third-order valence-electron chi connectivity index (χ3n) is 7.36. The maximum Gasteiger partial charge on any atom is 0.380 e. The number of allylic oxidation sites excluding steroid dienone is 2. The van der Waals surface area contributed by atoms with Gasteiger partial charge in [0.1, 0.15) is 18.1 Å². The summed E-state index contributed by atoms with van der Waals surface area (Å²) in [5, 5.41) is 0. The standard InChI is InChI=1S/C33H26F6O5S2/c1-17(40)20-5-9-22(10-6-20)44-23-11-7-21(8-12-23)30(41)43-16-25-14-27(19(3)46-25)29-28(26-13-24(15-42-4)45-18(26)2)31(34,35)33(38,39)32(29,36)37/h5-14H,15-16H2,1-4H3. The predicted molar refractivity (Wildman–Crippen MR) is 163 cm³/mol. The van der Waals surface area contributed by atoms with Gasteiger partial charge in [0.15, 0.2) is 5.78 Å². The number of halogens is 6. The van der Waals surface area contributed by atoms with E-state index in [1.807, 2.05) is 0 Å². The average molecular weight is 681 g/mol. The number of Topliss-reactive ketones (excluding diaryl/α,β-unsaturated/α-hetero) is 1. The lowest BCUT2D eigenvalue weighted by atomic mass is 9.95. The van der Waals surface area contributed by atoms with Crippen LogP contribution in [-0.2, 0) is 22.7 Å². The predicted octanol–water partition coefficient (Wildman–Crippen LogP) is 9.76. The Kier molecular flexibility index (Phi) is 8.97. The molecule has 0 amide bonds. The van der Waals surface area contributed by atoms with Crippen LogP contribution in [0, 0.1) is 13.8 Å². The number of ether oxygens (including phenoxy) is 3. The molecule has 0 saturated heterocycles. The summed E-state index contributed by atoms with van der Waals surface area (Å²) in [6, 6.07) is 14.7. The number of thiophene rings is 2. The number of hydrogen-bond donors (Lipinski definition) is 0. The van der Waals surface area contributed by atoms with Gasteiger partial charge in [0.25, 0.3) is 0 Å². The fraction of sp³-hybridized carbons (Fsp3) is 0.273. The molecule has 0 bridgehead atoms. The molecule has 242 valence electrons. The van der Waals surface area contributed by atoms with Gasteiger partial charge in [0.05, 0.1) is 12.2 Å². The molecule has 2 aromatic heterocycles. The summed E-state index contributed by atoms with van der Waals surface area (Å²) in [6.07, 6.45) is 0. The Morgan fingerprint density at radius 1 is 0.696 bits per heavy atom. The summed E-state index contributed by atoms with van der Waals surface area (Å²) >= 11 is 1.86. The van der Waals surface area contributed by atoms with Gasteiger partial charge in [-0.1, -0.05) is 0 Å². The molecule has 0 N–H and O–H groups in total. The number of hydrogen-bond acceptors (Lipinski definition) is 7. The second-order valence-electron chi connectivity index (χ2n) is 10.6. The van der Waals surface area contributed by atoms with Crippen molar-refractivity contribution in [3.05, 3.63) is 102 Å². The summed E-state index contributed by atoms with van der Waals surface area (Å²) < 4.78 is 107. The van der Waals surface area contributed by atoms with Crippen LogP contribution in [0.1, 0.15) is 58.3 Å². The molecule has 0 aliphatic heterocycles. The number of esters is 1. The molecule has 0 atom stereocenters. The molecule has 2 aromatic carbocycles. The number of benzene rings is 2. The van der Waals surface area contributed by atoms with E-state index >= 15 is 17.6 Å². The Bertz CT molecular complexity index is 1820. The monoisotopic (exact) mass is 680 g/mol. The molecule has 0 fully saturated rings. The molecule has 1 aliphatic rings. The molecule has 46 heavy (non-hydrogen) atoms. The SMILES string of the molecule is COCc1cc(C2=C(c3cc(COC(=O)c4ccc(Oc5ccc(C(C)=O)cc5)cc4)sc3C)C(F)(F)C(F)(F)C2(F)F)c(C)s1. The van der Waals surface area contributed by atoms with E-state index in [4.69, 9.17) is 14.2 Å². The van der Waals surface area contributed by atoms with Crippen molar-refractivity contribution in [2.24, 2.45) is 0 Å². The van der Waals surface area contributed by atoms with Crippen LogP contribution in [0.2, 0.25) is 0 Å². The highest BCUT2D eigenvalue weighted by atomic mass is 32.1. The number of rotatable bonds is 10. The number of alkyl halides is 6. The first kappa shape index (κ1) is 33.4. The van der Waals surface area contributed by atoms with Crippen LogP contribution in [0.15, 0.2) is 60.7 Å². The summed E-state index contributed by atoms with van der Waals surface area (Å²) in [4.78, 5) is 25.0. The number of methoxy groups -OCH3 is 1. The van der Waals surface area contributed by atoms with Crippen LogP contribution in [0.4, 0.5) is 26.3 Å². The second-order valence-corrected chi connectivity index (χ2v) is 13.2. The summed E-state index contributed by atoms with van der Waals surface area (Å²) in [5.74, 6) is -16.0. The van der Waals surface area contributed by atoms with E-state index < -0.39 is 52.6 Å². The van der Waals surface area contributed by atoms with E-state index in [0.29, 0.717) is 21.9 Å². The van der Waals surface area contributed by atoms with E-state index in [1.165, 1.54) is 58.2 Å². The van der Waals surface area contributed by atoms with Crippen molar-refractivity contribution in [1.82, 2.24) is 0 Å². The third kappa shape index (κ3) is 5.87. The van der Waals surface area contributed by atoms with Crippen molar-refractivity contribution in [2.45, 2.75) is 51.8 Å². The van der Waals surface area contributed by atoms with Crippen molar-refractivity contribution < 1.29 is 50.1 Å². The Hall–Kier alpha value is -3.94. The molecule has 0 spiro atoms. The van der Waals surface area contributed by atoms with Crippen LogP contribution in [0.5, 0.6) is 11.5 Å². The summed E-state index contributed by atoms with van der Waals surface area (Å²) in [7, 11) is 1.36. The zero-order valence-electron chi connectivity index (χ0n) is 24.8. The number of carbonyl (C=O) groups excluding carboxylic acids is 2. The molecule has 13 heteroatoms. The Balaban J connectivity index is 1.37. The molecule has 5 rings (SSSR count). The summed E-state index contributed by atoms with van der Waals surface area (Å²) in [6.45, 7) is 3.77. The minimum absolute atomic E-state index is 0.00870. The molecule has 5 nitrogen and oxygen atoms in total. The van der Waals surface area contributed by atoms with Gasteiger partial charge in [-0.2, -0.15) is 26.3 Å². The van der Waals surface area contributed by atoms with Gasteiger partial charge in [0, 0.05) is 43.3 Å². The zero-order chi connectivity index (χ0) is 33.6. The fourth-order valence-corrected chi connectivity index (χ4v) is 7.05. The second kappa shape index (κ2) is 12.3. The van der Waals surface area contributed by atoms with Crippen molar-refractivity contribution in [1.29, 1.82) is 0 Å². The lowest BCUT2D eigenvalue weighted by molar-refractivity contribution is -0.254. The number of ketones is 1. The van der Waals surface area contributed by atoms with E-state index in [-0.39, 0.29) is 32.6 Å². The average Bonchev–Trinajstić information content (AvgIpc) is 3.57. The van der Waals surface area contributed by atoms with E-state index in [0.717, 1.165) is 28.7 Å². The van der Waals surface area contributed by atoms with E-state index in [1.54, 1.807) is 24.3 Å². The Morgan fingerprint density at radius 2 is 1.13 bits per heavy atom. The maximum atomic E-state index is 15.3. The van der Waals surface area contributed by atoms with Crippen molar-refractivity contribution in [2.75, 3.05) is 7.11 Å².